The van der Waals surface area contributed by atoms with Crippen molar-refractivity contribution in [3.8, 4) is 0 Å². The molecule has 0 heterocycles. The second kappa shape index (κ2) is 13.3. The van der Waals surface area contributed by atoms with E-state index in [0.717, 1.165) is 11.6 Å². The average Bonchev–Trinajstić information content (AvgIpc) is 3.36. The summed E-state index contributed by atoms with van der Waals surface area (Å²) in [6, 6.07) is 25.5. The minimum Gasteiger partial charge on any atom is -0.343 e. The molecule has 4 aromatic rings. The Morgan fingerprint density at radius 1 is 0.697 bits per heavy atom. The number of hydrogen-bond acceptors (Lipinski definition) is 0. The van der Waals surface area contributed by atoms with Crippen molar-refractivity contribution in [1.29, 1.82) is 0 Å². The molecule has 0 fully saturated rings. The SMILES string of the molecule is Cc1cccc2[cH-]ccc12.Cc1cccc2[cH-]ccc12.[CH2-]CCC([Si](C)(C)C)[Si](C)(C)C.[Y+3]. The average molecular weight is 549 g/mol. The molecule has 0 spiro atoms. The summed E-state index contributed by atoms with van der Waals surface area (Å²) >= 11 is 0. The summed E-state index contributed by atoms with van der Waals surface area (Å²) in [5, 5.41) is 6.49. The quantitative estimate of drug-likeness (QED) is 0.176. The van der Waals surface area contributed by atoms with Crippen LogP contribution in [-0.4, -0.2) is 16.1 Å². The Bertz CT molecular complexity index is 1000. The van der Waals surface area contributed by atoms with Crippen molar-refractivity contribution in [3.05, 3.63) is 90.8 Å². The first-order valence-electron chi connectivity index (χ1n) is 12.0. The monoisotopic (exact) mass is 548 g/mol. The predicted molar refractivity (Wildman–Crippen MR) is 154 cm³/mol. The zero-order valence-corrected chi connectivity index (χ0v) is 27.0. The van der Waals surface area contributed by atoms with Gasteiger partial charge >= 0.3 is 32.7 Å². The second-order valence-electron chi connectivity index (χ2n) is 11.1. The van der Waals surface area contributed by atoms with Crippen molar-refractivity contribution in [2.45, 2.75) is 71.1 Å². The number of rotatable bonds is 4. The fourth-order valence-corrected chi connectivity index (χ4v) is 17.6. The Kier molecular flexibility index (Phi) is 12.2. The van der Waals surface area contributed by atoms with Crippen molar-refractivity contribution in [2.24, 2.45) is 0 Å². The molecule has 0 aliphatic carbocycles. The van der Waals surface area contributed by atoms with Gasteiger partial charge in [-0.25, -0.2) is 0 Å². The summed E-state index contributed by atoms with van der Waals surface area (Å²) in [6.45, 7) is 23.3. The first kappa shape index (κ1) is 30.2. The maximum atomic E-state index is 4.00. The van der Waals surface area contributed by atoms with Gasteiger partial charge in [-0.2, -0.15) is 30.7 Å². The van der Waals surface area contributed by atoms with Crippen LogP contribution in [0.15, 0.2) is 72.8 Å². The normalized spacial score (nSPS) is 11.5. The summed E-state index contributed by atoms with van der Waals surface area (Å²) < 4.78 is 0. The number of aryl methyl sites for hydroxylation is 2. The fourth-order valence-electron chi connectivity index (χ4n) is 5.02. The van der Waals surface area contributed by atoms with Crippen molar-refractivity contribution < 1.29 is 32.7 Å². The van der Waals surface area contributed by atoms with Gasteiger partial charge < -0.3 is 6.92 Å². The standard InChI is InChI=1S/C10H25Si2.2C10H9.Y/c1-8-9-10(11(2,3)4)12(5,6)7;2*1-8-4-2-5-9-6-3-7-10(8)9;/h10H,1,8-9H2,2-7H3;2*2-7H,1H3;/q3*-1;+3. The summed E-state index contributed by atoms with van der Waals surface area (Å²) in [5.74, 6) is 0. The van der Waals surface area contributed by atoms with E-state index in [9.17, 15) is 0 Å². The summed E-state index contributed by atoms with van der Waals surface area (Å²) in [7, 11) is -1.84. The molecule has 4 aromatic carbocycles. The van der Waals surface area contributed by atoms with E-state index in [1.54, 1.807) is 0 Å². The van der Waals surface area contributed by atoms with E-state index in [1.165, 1.54) is 39.1 Å². The Morgan fingerprint density at radius 3 is 1.36 bits per heavy atom. The molecule has 0 N–H and O–H groups in total. The van der Waals surface area contributed by atoms with Crippen molar-refractivity contribution in [2.75, 3.05) is 0 Å². The second-order valence-corrected chi connectivity index (χ2v) is 22.6. The van der Waals surface area contributed by atoms with Crippen LogP contribution in [0.3, 0.4) is 0 Å². The van der Waals surface area contributed by atoms with Gasteiger partial charge in [-0.15, -0.1) is 57.9 Å². The van der Waals surface area contributed by atoms with E-state index in [2.05, 4.69) is 133 Å². The molecule has 0 unspecified atom stereocenters. The molecule has 0 saturated carbocycles. The van der Waals surface area contributed by atoms with E-state index in [0.29, 0.717) is 0 Å². The van der Waals surface area contributed by atoms with Crippen LogP contribution in [0.1, 0.15) is 24.0 Å². The van der Waals surface area contributed by atoms with Crippen LogP contribution in [0, 0.1) is 20.8 Å². The van der Waals surface area contributed by atoms with Crippen LogP contribution >= 0.6 is 0 Å². The van der Waals surface area contributed by atoms with Gasteiger partial charge in [-0.1, -0.05) is 74.1 Å². The van der Waals surface area contributed by atoms with E-state index in [1.807, 2.05) is 0 Å². The topological polar surface area (TPSA) is 0 Å². The summed E-state index contributed by atoms with van der Waals surface area (Å²) in [5.41, 5.74) is 2.73. The zero-order chi connectivity index (χ0) is 23.9. The molecule has 0 amide bonds. The van der Waals surface area contributed by atoms with Crippen LogP contribution in [0.25, 0.3) is 21.5 Å². The molecule has 0 aromatic heterocycles. The number of fused-ring (bicyclic) bond motifs is 2. The zero-order valence-electron chi connectivity index (χ0n) is 22.2. The largest absolute Gasteiger partial charge is 3.00 e. The number of benzene rings is 2. The molecule has 33 heavy (non-hydrogen) atoms. The third-order valence-corrected chi connectivity index (χ3v) is 16.3. The summed E-state index contributed by atoms with van der Waals surface area (Å²) in [6.07, 6.45) is 2.49. The van der Waals surface area contributed by atoms with Gasteiger partial charge in [0.25, 0.3) is 0 Å². The van der Waals surface area contributed by atoms with Gasteiger partial charge in [0.15, 0.2) is 0 Å². The molecule has 0 atom stereocenters. The minimum absolute atomic E-state index is 0. The molecule has 0 aliphatic heterocycles. The molecule has 174 valence electrons. The molecule has 4 rings (SSSR count). The van der Waals surface area contributed by atoms with Crippen LogP contribution in [0.2, 0.25) is 44.4 Å². The molecular weight excluding hydrogens is 505 g/mol. The maximum absolute atomic E-state index is 4.00. The molecule has 0 aliphatic rings. The maximum Gasteiger partial charge on any atom is 3.00 e. The van der Waals surface area contributed by atoms with E-state index >= 15 is 0 Å². The molecule has 0 saturated heterocycles. The first-order chi connectivity index (χ1) is 14.9. The Balaban J connectivity index is 0.000000244. The molecule has 0 nitrogen and oxygen atoms in total. The predicted octanol–water partition coefficient (Wildman–Crippen LogP) is 9.92. The molecular formula is C30H43Si2Y. The Hall–Kier alpha value is -0.802. The van der Waals surface area contributed by atoms with Crippen molar-refractivity contribution >= 4 is 37.7 Å². The third-order valence-electron chi connectivity index (χ3n) is 6.38. The minimum atomic E-state index is -0.921. The van der Waals surface area contributed by atoms with E-state index in [4.69, 9.17) is 0 Å². The van der Waals surface area contributed by atoms with Gasteiger partial charge in [0.05, 0.1) is 0 Å². The molecule has 0 radical (unpaired) electrons. The Morgan fingerprint density at radius 2 is 1.09 bits per heavy atom. The molecule has 3 heteroatoms. The van der Waals surface area contributed by atoms with Crippen LogP contribution < -0.4 is 0 Å². The number of hydrogen-bond donors (Lipinski definition) is 0. The van der Waals surface area contributed by atoms with Gasteiger partial charge in [0.2, 0.25) is 0 Å². The van der Waals surface area contributed by atoms with Crippen molar-refractivity contribution in [1.82, 2.24) is 0 Å². The first-order valence-corrected chi connectivity index (χ1v) is 19.1. The van der Waals surface area contributed by atoms with Gasteiger partial charge in [0, 0.05) is 16.1 Å². The third kappa shape index (κ3) is 9.05. The van der Waals surface area contributed by atoms with E-state index < -0.39 is 16.1 Å². The van der Waals surface area contributed by atoms with Gasteiger partial charge in [0.1, 0.15) is 0 Å². The smallest absolute Gasteiger partial charge is 0.343 e. The summed E-state index contributed by atoms with van der Waals surface area (Å²) in [4.78, 5) is 0. The van der Waals surface area contributed by atoms with Gasteiger partial charge in [-0.3, -0.25) is 0 Å². The van der Waals surface area contributed by atoms with Crippen LogP contribution in [0.4, 0.5) is 0 Å². The Labute approximate surface area is 230 Å². The van der Waals surface area contributed by atoms with E-state index in [-0.39, 0.29) is 32.7 Å². The van der Waals surface area contributed by atoms with Crippen LogP contribution in [-0.2, 0) is 32.7 Å². The van der Waals surface area contributed by atoms with Gasteiger partial charge in [-0.05, 0) is 13.8 Å². The fraction of sp³-hybridized carbons (Fsp3) is 0.367. The van der Waals surface area contributed by atoms with Crippen LogP contribution in [0.5, 0.6) is 0 Å². The molecule has 0 bridgehead atoms. The van der Waals surface area contributed by atoms with Crippen molar-refractivity contribution in [3.63, 3.8) is 0 Å².